The first-order valence-corrected chi connectivity index (χ1v) is 5.39. The maximum atomic E-state index is 11.9. The highest BCUT2D eigenvalue weighted by molar-refractivity contribution is 5.78. The average Bonchev–Trinajstić information content (AvgIpc) is 2.76. The molecule has 0 radical (unpaired) electrons. The van der Waals surface area contributed by atoms with E-state index < -0.39 is 0 Å². The van der Waals surface area contributed by atoms with Gasteiger partial charge in [0.15, 0.2) is 5.82 Å². The maximum absolute atomic E-state index is 11.9. The number of nitrogens with zero attached hydrogens (tertiary/aromatic N) is 1. The van der Waals surface area contributed by atoms with Crippen molar-refractivity contribution in [2.24, 2.45) is 0 Å². The molecule has 0 aliphatic heterocycles. The number of aromatic amines is 2. The molecule has 3 rings (SSSR count). The van der Waals surface area contributed by atoms with Gasteiger partial charge in [-0.25, -0.2) is 4.98 Å². The van der Waals surface area contributed by atoms with Crippen molar-refractivity contribution in [3.8, 4) is 11.5 Å². The summed E-state index contributed by atoms with van der Waals surface area (Å²) in [5.41, 5.74) is 2.46. The zero-order chi connectivity index (χ0) is 11.8. The molecule has 4 nitrogen and oxygen atoms in total. The molecule has 2 aromatic heterocycles. The number of fused-ring (bicyclic) bond motifs is 1. The second-order valence-corrected chi connectivity index (χ2v) is 3.99. The summed E-state index contributed by atoms with van der Waals surface area (Å²) in [6.45, 7) is 1.96. The van der Waals surface area contributed by atoms with E-state index in [-0.39, 0.29) is 5.56 Å². The maximum Gasteiger partial charge on any atom is 0.259 e. The minimum Gasteiger partial charge on any atom is -0.356 e. The smallest absolute Gasteiger partial charge is 0.259 e. The fourth-order valence-corrected chi connectivity index (χ4v) is 1.86. The van der Waals surface area contributed by atoms with Gasteiger partial charge in [-0.05, 0) is 31.2 Å². The second-order valence-electron chi connectivity index (χ2n) is 3.99. The summed E-state index contributed by atoms with van der Waals surface area (Å²) in [5.74, 6) is 0.571. The molecular formula is C13H11N3O. The van der Waals surface area contributed by atoms with Crippen LogP contribution in [-0.2, 0) is 0 Å². The molecule has 0 saturated heterocycles. The molecule has 0 bridgehead atoms. The molecule has 0 amide bonds. The van der Waals surface area contributed by atoms with Crippen molar-refractivity contribution in [2.75, 3.05) is 0 Å². The van der Waals surface area contributed by atoms with Gasteiger partial charge in [0.1, 0.15) is 0 Å². The summed E-state index contributed by atoms with van der Waals surface area (Å²) in [5, 5.41) is 0.611. The van der Waals surface area contributed by atoms with Crippen LogP contribution in [0.4, 0.5) is 0 Å². The van der Waals surface area contributed by atoms with Crippen LogP contribution < -0.4 is 5.56 Å². The van der Waals surface area contributed by atoms with Crippen LogP contribution in [0.25, 0.3) is 22.4 Å². The summed E-state index contributed by atoms with van der Waals surface area (Å²) in [4.78, 5) is 22.2. The Kier molecular flexibility index (Phi) is 2.08. The molecule has 1 aromatic carbocycles. The van der Waals surface area contributed by atoms with Crippen molar-refractivity contribution in [2.45, 2.75) is 6.92 Å². The molecule has 0 saturated carbocycles. The third kappa shape index (κ3) is 1.63. The number of aromatic nitrogens is 3. The molecule has 2 heterocycles. The molecule has 4 heteroatoms. The number of hydrogen-bond acceptors (Lipinski definition) is 2. The van der Waals surface area contributed by atoms with Gasteiger partial charge in [0, 0.05) is 5.69 Å². The minimum atomic E-state index is -0.113. The highest BCUT2D eigenvalue weighted by Gasteiger charge is 2.06. The Hall–Kier alpha value is -2.36. The Bertz CT molecular complexity index is 740. The third-order valence-corrected chi connectivity index (χ3v) is 2.70. The highest BCUT2D eigenvalue weighted by atomic mass is 16.1. The third-order valence-electron chi connectivity index (χ3n) is 2.70. The van der Waals surface area contributed by atoms with Gasteiger partial charge in [0.2, 0.25) is 0 Å². The molecule has 0 fully saturated rings. The predicted molar refractivity (Wildman–Crippen MR) is 66.9 cm³/mol. The zero-order valence-electron chi connectivity index (χ0n) is 9.32. The van der Waals surface area contributed by atoms with Crippen molar-refractivity contribution in [1.82, 2.24) is 15.0 Å². The van der Waals surface area contributed by atoms with Gasteiger partial charge in [-0.2, -0.15) is 0 Å². The molecule has 0 spiro atoms. The van der Waals surface area contributed by atoms with Crippen LogP contribution in [0.2, 0.25) is 0 Å². The van der Waals surface area contributed by atoms with Crippen LogP contribution in [0.15, 0.2) is 41.2 Å². The Morgan fingerprint density at radius 1 is 1.06 bits per heavy atom. The van der Waals surface area contributed by atoms with E-state index in [0.717, 1.165) is 11.4 Å². The Labute approximate surface area is 97.3 Å². The normalized spacial score (nSPS) is 10.9. The van der Waals surface area contributed by atoms with Crippen molar-refractivity contribution in [1.29, 1.82) is 0 Å². The fraction of sp³-hybridized carbons (Fsp3) is 0.0769. The van der Waals surface area contributed by atoms with Gasteiger partial charge in [-0.15, -0.1) is 0 Å². The number of nitrogens with one attached hydrogen (secondary N) is 2. The lowest BCUT2D eigenvalue weighted by atomic mass is 10.2. The van der Waals surface area contributed by atoms with Gasteiger partial charge < -0.3 is 9.97 Å². The largest absolute Gasteiger partial charge is 0.356 e. The molecule has 84 valence electrons. The summed E-state index contributed by atoms with van der Waals surface area (Å²) in [6, 6.07) is 11.2. The lowest BCUT2D eigenvalue weighted by Gasteiger charge is -2.00. The van der Waals surface area contributed by atoms with Crippen molar-refractivity contribution in [3.63, 3.8) is 0 Å². The van der Waals surface area contributed by atoms with E-state index in [9.17, 15) is 4.79 Å². The van der Waals surface area contributed by atoms with Crippen LogP contribution in [0, 0.1) is 6.92 Å². The number of rotatable bonds is 1. The zero-order valence-corrected chi connectivity index (χ0v) is 9.32. The Morgan fingerprint density at radius 3 is 2.65 bits per heavy atom. The van der Waals surface area contributed by atoms with E-state index in [4.69, 9.17) is 0 Å². The molecule has 17 heavy (non-hydrogen) atoms. The minimum absolute atomic E-state index is 0.113. The van der Waals surface area contributed by atoms with Crippen molar-refractivity contribution in [3.05, 3.63) is 52.4 Å². The summed E-state index contributed by atoms with van der Waals surface area (Å²) in [6.07, 6.45) is 0. The molecule has 0 aliphatic rings. The number of H-pyrrole nitrogens is 2. The Morgan fingerprint density at radius 2 is 1.88 bits per heavy atom. The van der Waals surface area contributed by atoms with Crippen LogP contribution in [0.3, 0.4) is 0 Å². The van der Waals surface area contributed by atoms with Crippen LogP contribution in [0.1, 0.15) is 5.69 Å². The first-order valence-electron chi connectivity index (χ1n) is 5.39. The van der Waals surface area contributed by atoms with E-state index in [0.29, 0.717) is 16.7 Å². The van der Waals surface area contributed by atoms with Crippen molar-refractivity contribution >= 4 is 10.9 Å². The first-order chi connectivity index (χ1) is 8.24. The number of para-hydroxylation sites is 1. The van der Waals surface area contributed by atoms with Gasteiger partial charge in [-0.3, -0.25) is 4.79 Å². The molecule has 0 atom stereocenters. The Balaban J connectivity index is 2.29. The monoisotopic (exact) mass is 225 g/mol. The van der Waals surface area contributed by atoms with E-state index >= 15 is 0 Å². The van der Waals surface area contributed by atoms with Crippen LogP contribution in [-0.4, -0.2) is 15.0 Å². The molecule has 0 unspecified atom stereocenters. The van der Waals surface area contributed by atoms with Gasteiger partial charge >= 0.3 is 0 Å². The fourth-order valence-electron chi connectivity index (χ4n) is 1.86. The topological polar surface area (TPSA) is 61.5 Å². The summed E-state index contributed by atoms with van der Waals surface area (Å²) < 4.78 is 0. The number of aryl methyl sites for hydroxylation is 1. The quantitative estimate of drug-likeness (QED) is 0.667. The average molecular weight is 225 g/mol. The van der Waals surface area contributed by atoms with E-state index in [1.807, 2.05) is 37.3 Å². The molecule has 2 N–H and O–H groups in total. The summed E-state index contributed by atoms with van der Waals surface area (Å²) in [7, 11) is 0. The summed E-state index contributed by atoms with van der Waals surface area (Å²) >= 11 is 0. The predicted octanol–water partition coefficient (Wildman–Crippen LogP) is 2.23. The molecule has 0 aliphatic carbocycles. The number of hydrogen-bond donors (Lipinski definition) is 2. The molecular weight excluding hydrogens is 214 g/mol. The van der Waals surface area contributed by atoms with E-state index in [1.165, 1.54) is 0 Å². The van der Waals surface area contributed by atoms with Crippen molar-refractivity contribution < 1.29 is 0 Å². The van der Waals surface area contributed by atoms with Crippen LogP contribution in [0.5, 0.6) is 0 Å². The number of benzene rings is 1. The highest BCUT2D eigenvalue weighted by Crippen LogP contribution is 2.15. The van der Waals surface area contributed by atoms with Gasteiger partial charge in [0.25, 0.3) is 5.56 Å². The van der Waals surface area contributed by atoms with Gasteiger partial charge in [0.05, 0.1) is 16.6 Å². The van der Waals surface area contributed by atoms with E-state index in [1.54, 1.807) is 6.07 Å². The SMILES string of the molecule is Cc1ccc(-c2nc3ccccc3c(=O)[nH]2)[nH]1. The second kappa shape index (κ2) is 3.59. The van der Waals surface area contributed by atoms with Crippen LogP contribution >= 0.6 is 0 Å². The molecule has 3 aromatic rings. The lowest BCUT2D eigenvalue weighted by Crippen LogP contribution is -2.09. The standard InChI is InChI=1S/C13H11N3O/c1-8-6-7-11(14-8)12-15-10-5-3-2-4-9(10)13(17)16-12/h2-7,14H,1H3,(H,15,16,17). The van der Waals surface area contributed by atoms with E-state index in [2.05, 4.69) is 15.0 Å². The lowest BCUT2D eigenvalue weighted by molar-refractivity contribution is 1.14. The van der Waals surface area contributed by atoms with Gasteiger partial charge in [-0.1, -0.05) is 12.1 Å². The first kappa shape index (κ1) is 9.84.